The molecule has 1 aliphatic heterocycles. The summed E-state index contributed by atoms with van der Waals surface area (Å²) in [6.07, 6.45) is 0.578. The van der Waals surface area contributed by atoms with Crippen LogP contribution in [0.5, 0.6) is 0 Å². The molecular weight excluding hydrogens is 262 g/mol. The molecule has 1 aliphatic rings. The van der Waals surface area contributed by atoms with Crippen molar-refractivity contribution >= 4 is 23.6 Å². The van der Waals surface area contributed by atoms with Crippen LogP contribution in [0.3, 0.4) is 0 Å². The number of nitrogens with one attached hydrogen (secondary N) is 1. The summed E-state index contributed by atoms with van der Waals surface area (Å²) in [6.45, 7) is 1.94. The second kappa shape index (κ2) is 5.20. The summed E-state index contributed by atoms with van der Waals surface area (Å²) < 4.78 is 0. The van der Waals surface area contributed by atoms with Crippen molar-refractivity contribution in [3.8, 4) is 0 Å². The zero-order valence-electron chi connectivity index (χ0n) is 10.9. The summed E-state index contributed by atoms with van der Waals surface area (Å²) in [6, 6.07) is 3.43. The van der Waals surface area contributed by atoms with E-state index < -0.39 is 23.9 Å². The maximum Gasteiger partial charge on any atom is 0.335 e. The highest BCUT2D eigenvalue weighted by molar-refractivity contribution is 5.98. The van der Waals surface area contributed by atoms with E-state index in [1.165, 1.54) is 17.9 Å². The Kier molecular flexibility index (Phi) is 3.60. The van der Waals surface area contributed by atoms with Gasteiger partial charge >= 0.3 is 12.0 Å². The number of carboxylic acids is 1. The highest BCUT2D eigenvalue weighted by atomic mass is 16.4. The van der Waals surface area contributed by atoms with Gasteiger partial charge in [-0.2, -0.15) is 0 Å². The maximum atomic E-state index is 12.0. The van der Waals surface area contributed by atoms with Crippen LogP contribution in [-0.2, 0) is 11.2 Å². The smallest absolute Gasteiger partial charge is 0.335 e. The monoisotopic (exact) mass is 277 g/mol. The summed E-state index contributed by atoms with van der Waals surface area (Å²) in [5, 5.41) is 11.4. The lowest BCUT2D eigenvalue weighted by atomic mass is 10.1. The van der Waals surface area contributed by atoms with Crippen LogP contribution in [0.2, 0.25) is 0 Å². The number of hydrogen-bond donors (Lipinski definition) is 3. The number of amides is 3. The van der Waals surface area contributed by atoms with Gasteiger partial charge in [0.2, 0.25) is 5.91 Å². The van der Waals surface area contributed by atoms with Crippen molar-refractivity contribution in [2.45, 2.75) is 19.4 Å². The first kappa shape index (κ1) is 13.9. The highest BCUT2D eigenvalue weighted by Gasteiger charge is 2.27. The van der Waals surface area contributed by atoms with Gasteiger partial charge in [-0.25, -0.2) is 9.59 Å². The Balaban J connectivity index is 2.18. The molecule has 106 valence electrons. The number of fused-ring (bicyclic) bond motifs is 1. The van der Waals surface area contributed by atoms with Crippen molar-refractivity contribution in [2.75, 3.05) is 11.4 Å². The Hall–Kier alpha value is -2.57. The molecule has 0 bridgehead atoms. The van der Waals surface area contributed by atoms with Gasteiger partial charge in [0.25, 0.3) is 0 Å². The molecule has 2 rings (SSSR count). The summed E-state index contributed by atoms with van der Waals surface area (Å²) in [7, 11) is 0. The van der Waals surface area contributed by atoms with Gasteiger partial charge in [0, 0.05) is 12.2 Å². The van der Waals surface area contributed by atoms with Crippen LogP contribution in [0, 0.1) is 0 Å². The third-order valence-electron chi connectivity index (χ3n) is 3.23. The maximum absolute atomic E-state index is 12.0. The van der Waals surface area contributed by atoms with E-state index in [-0.39, 0.29) is 5.56 Å². The molecule has 0 aliphatic carbocycles. The molecule has 0 saturated heterocycles. The Bertz CT molecular complexity index is 585. The van der Waals surface area contributed by atoms with E-state index in [9.17, 15) is 14.4 Å². The average Bonchev–Trinajstić information content (AvgIpc) is 2.81. The molecule has 0 saturated carbocycles. The number of urea groups is 1. The largest absolute Gasteiger partial charge is 0.478 e. The summed E-state index contributed by atoms with van der Waals surface area (Å²) in [5.74, 6) is -1.61. The molecule has 3 amide bonds. The fourth-order valence-electron chi connectivity index (χ4n) is 2.08. The highest BCUT2D eigenvalue weighted by Crippen LogP contribution is 2.28. The molecule has 0 fully saturated rings. The minimum absolute atomic E-state index is 0.191. The van der Waals surface area contributed by atoms with E-state index in [0.29, 0.717) is 18.7 Å². The van der Waals surface area contributed by atoms with Gasteiger partial charge in [-0.3, -0.25) is 9.69 Å². The van der Waals surface area contributed by atoms with Crippen LogP contribution in [0.1, 0.15) is 22.8 Å². The predicted octanol–water partition coefficient (Wildman–Crippen LogP) is 0.331. The Morgan fingerprint density at radius 3 is 2.70 bits per heavy atom. The molecule has 1 atom stereocenters. The first-order valence-electron chi connectivity index (χ1n) is 6.13. The van der Waals surface area contributed by atoms with Crippen molar-refractivity contribution in [3.63, 3.8) is 0 Å². The lowest BCUT2D eigenvalue weighted by Gasteiger charge is -2.20. The molecule has 0 spiro atoms. The van der Waals surface area contributed by atoms with Crippen molar-refractivity contribution in [1.29, 1.82) is 0 Å². The Morgan fingerprint density at radius 2 is 2.10 bits per heavy atom. The van der Waals surface area contributed by atoms with Crippen LogP contribution < -0.4 is 16.0 Å². The minimum atomic E-state index is -1.00. The Labute approximate surface area is 115 Å². The van der Waals surface area contributed by atoms with Crippen LogP contribution in [0.25, 0.3) is 0 Å². The normalized spacial score (nSPS) is 14.6. The van der Waals surface area contributed by atoms with Gasteiger partial charge in [0.05, 0.1) is 5.56 Å². The number of nitrogens with two attached hydrogens (primary N) is 1. The molecule has 1 aromatic rings. The van der Waals surface area contributed by atoms with E-state index in [2.05, 4.69) is 5.32 Å². The average molecular weight is 277 g/mol. The summed E-state index contributed by atoms with van der Waals surface area (Å²) in [4.78, 5) is 35.3. The number of carbonyl (C=O) groups excluding carboxylic acids is 2. The fraction of sp³-hybridized carbons (Fsp3) is 0.308. The number of rotatable bonds is 3. The fourth-order valence-corrected chi connectivity index (χ4v) is 2.08. The topological polar surface area (TPSA) is 113 Å². The standard InChI is InChI=1S/C13H15N3O4/c1-7(11(14)17)15-13(20)16-5-4-8-6-9(12(18)19)2-3-10(8)16/h2-3,6-7H,4-5H2,1H3,(H2,14,17)(H,15,20)(H,18,19). The number of hydrogen-bond acceptors (Lipinski definition) is 3. The van der Waals surface area contributed by atoms with E-state index in [1.54, 1.807) is 12.1 Å². The predicted molar refractivity (Wildman–Crippen MR) is 71.6 cm³/mol. The van der Waals surface area contributed by atoms with Crippen LogP contribution in [0.15, 0.2) is 18.2 Å². The molecule has 1 unspecified atom stereocenters. The van der Waals surface area contributed by atoms with Gasteiger partial charge in [0.1, 0.15) is 6.04 Å². The zero-order chi connectivity index (χ0) is 14.9. The number of nitrogens with zero attached hydrogens (tertiary/aromatic N) is 1. The molecule has 1 aromatic carbocycles. The third kappa shape index (κ3) is 2.56. The molecule has 4 N–H and O–H groups in total. The molecule has 0 radical (unpaired) electrons. The molecule has 1 heterocycles. The van der Waals surface area contributed by atoms with Crippen molar-refractivity contribution in [2.24, 2.45) is 5.73 Å². The van der Waals surface area contributed by atoms with Gasteiger partial charge in [-0.1, -0.05) is 0 Å². The summed E-state index contributed by atoms with van der Waals surface area (Å²) >= 11 is 0. The quantitative estimate of drug-likeness (QED) is 0.738. The van der Waals surface area contributed by atoms with Crippen molar-refractivity contribution in [1.82, 2.24) is 5.32 Å². The first-order valence-corrected chi connectivity index (χ1v) is 6.13. The lowest BCUT2D eigenvalue weighted by Crippen LogP contribution is -2.48. The molecule has 20 heavy (non-hydrogen) atoms. The second-order valence-corrected chi connectivity index (χ2v) is 4.62. The zero-order valence-corrected chi connectivity index (χ0v) is 10.9. The van der Waals surface area contributed by atoms with Gasteiger partial charge in [-0.05, 0) is 37.1 Å². The number of benzene rings is 1. The van der Waals surface area contributed by atoms with E-state index in [0.717, 1.165) is 5.56 Å². The molecule has 7 nitrogen and oxygen atoms in total. The van der Waals surface area contributed by atoms with Gasteiger partial charge in [-0.15, -0.1) is 0 Å². The van der Waals surface area contributed by atoms with E-state index in [4.69, 9.17) is 10.8 Å². The minimum Gasteiger partial charge on any atom is -0.478 e. The number of carbonyl (C=O) groups is 3. The van der Waals surface area contributed by atoms with Crippen molar-refractivity contribution in [3.05, 3.63) is 29.3 Å². The SMILES string of the molecule is CC(NC(=O)N1CCc2cc(C(=O)O)ccc21)C(N)=O. The number of aromatic carboxylic acids is 1. The van der Waals surface area contributed by atoms with Crippen LogP contribution in [-0.4, -0.2) is 35.6 Å². The van der Waals surface area contributed by atoms with E-state index in [1.807, 2.05) is 0 Å². The number of primary amides is 1. The second-order valence-electron chi connectivity index (χ2n) is 4.62. The van der Waals surface area contributed by atoms with Crippen LogP contribution >= 0.6 is 0 Å². The molecular formula is C13H15N3O4. The van der Waals surface area contributed by atoms with Gasteiger partial charge in [0.15, 0.2) is 0 Å². The van der Waals surface area contributed by atoms with Gasteiger partial charge < -0.3 is 16.2 Å². The third-order valence-corrected chi connectivity index (χ3v) is 3.23. The van der Waals surface area contributed by atoms with E-state index >= 15 is 0 Å². The first-order chi connectivity index (χ1) is 9.40. The molecule has 7 heteroatoms. The van der Waals surface area contributed by atoms with Crippen LogP contribution in [0.4, 0.5) is 10.5 Å². The summed E-state index contributed by atoms with van der Waals surface area (Å²) in [5.41, 5.74) is 6.74. The van der Waals surface area contributed by atoms with Crippen molar-refractivity contribution < 1.29 is 19.5 Å². The number of anilines is 1. The lowest BCUT2D eigenvalue weighted by molar-refractivity contribution is -0.119. The number of carboxylic acid groups (broad SMARTS) is 1. The molecule has 0 aromatic heterocycles. The Morgan fingerprint density at radius 1 is 1.40 bits per heavy atom.